The minimum atomic E-state index is -0.528. The van der Waals surface area contributed by atoms with Gasteiger partial charge in [-0.3, -0.25) is 0 Å². The van der Waals surface area contributed by atoms with Crippen LogP contribution in [0.3, 0.4) is 0 Å². The second-order valence-electron chi connectivity index (χ2n) is 4.32. The van der Waals surface area contributed by atoms with Crippen molar-refractivity contribution in [3.8, 4) is 0 Å². The Morgan fingerprint density at radius 2 is 2.00 bits per heavy atom. The highest BCUT2D eigenvalue weighted by Crippen LogP contribution is 2.23. The lowest BCUT2D eigenvalue weighted by Crippen LogP contribution is -2.24. The zero-order chi connectivity index (χ0) is 11.6. The van der Waals surface area contributed by atoms with Gasteiger partial charge < -0.3 is 15.0 Å². The Hall–Kier alpha value is -0.940. The maximum absolute atomic E-state index is 5.76. The molecule has 15 heavy (non-hydrogen) atoms. The number of aromatic nitrogens is 2. The molecule has 2 unspecified atom stereocenters. The molecular formula is C10H19N3O2. The van der Waals surface area contributed by atoms with Crippen LogP contribution in [0.2, 0.25) is 0 Å². The Bertz CT molecular complexity index is 320. The molecule has 0 aliphatic rings. The largest absolute Gasteiger partial charge is 0.371 e. The lowest BCUT2D eigenvalue weighted by atomic mass is 10.0. The van der Waals surface area contributed by atoms with Gasteiger partial charge in [0.2, 0.25) is 11.7 Å². The molecule has 1 aromatic heterocycles. The molecule has 0 radical (unpaired) electrons. The van der Waals surface area contributed by atoms with Gasteiger partial charge in [-0.2, -0.15) is 4.98 Å². The Morgan fingerprint density at radius 1 is 1.40 bits per heavy atom. The van der Waals surface area contributed by atoms with Crippen LogP contribution in [-0.4, -0.2) is 23.3 Å². The molecule has 1 heterocycles. The first kappa shape index (κ1) is 12.1. The standard InChI is InChI=1S/C10H19N3O2/c1-6(7(2)11)8-12-9(13-15-8)10(3,4)14-5/h6-7H,11H2,1-5H3. The molecule has 0 aliphatic carbocycles. The minimum absolute atomic E-state index is 0.0102. The smallest absolute Gasteiger partial charge is 0.231 e. The van der Waals surface area contributed by atoms with Crippen LogP contribution in [0.5, 0.6) is 0 Å². The summed E-state index contributed by atoms with van der Waals surface area (Å²) in [5, 5.41) is 3.90. The van der Waals surface area contributed by atoms with Crippen molar-refractivity contribution >= 4 is 0 Å². The van der Waals surface area contributed by atoms with Crippen LogP contribution in [0, 0.1) is 0 Å². The number of nitrogens with zero attached hydrogens (tertiary/aromatic N) is 2. The Morgan fingerprint density at radius 3 is 2.47 bits per heavy atom. The summed E-state index contributed by atoms with van der Waals surface area (Å²) < 4.78 is 10.4. The minimum Gasteiger partial charge on any atom is -0.371 e. The summed E-state index contributed by atoms with van der Waals surface area (Å²) in [7, 11) is 1.62. The molecule has 5 nitrogen and oxygen atoms in total. The summed E-state index contributed by atoms with van der Waals surface area (Å²) in [5.74, 6) is 1.16. The van der Waals surface area contributed by atoms with Crippen molar-refractivity contribution in [1.82, 2.24) is 10.1 Å². The molecule has 0 aromatic carbocycles. The number of ether oxygens (including phenoxy) is 1. The number of hydrogen-bond donors (Lipinski definition) is 1. The second-order valence-corrected chi connectivity index (χ2v) is 4.32. The molecular weight excluding hydrogens is 194 g/mol. The molecule has 0 aliphatic heterocycles. The van der Waals surface area contributed by atoms with Crippen LogP contribution < -0.4 is 5.73 Å². The van der Waals surface area contributed by atoms with Gasteiger partial charge in [0.25, 0.3) is 0 Å². The maximum atomic E-state index is 5.76. The molecule has 0 amide bonds. The summed E-state index contributed by atoms with van der Waals surface area (Å²) in [5.41, 5.74) is 5.23. The monoisotopic (exact) mass is 213 g/mol. The molecule has 0 saturated carbocycles. The summed E-state index contributed by atoms with van der Waals surface area (Å²) >= 11 is 0. The molecule has 5 heteroatoms. The molecule has 2 atom stereocenters. The van der Waals surface area contributed by atoms with Crippen molar-refractivity contribution in [2.45, 2.75) is 45.3 Å². The molecule has 1 rings (SSSR count). The third-order valence-electron chi connectivity index (χ3n) is 2.67. The first-order valence-corrected chi connectivity index (χ1v) is 5.03. The van der Waals surface area contributed by atoms with Crippen LogP contribution in [-0.2, 0) is 10.3 Å². The van der Waals surface area contributed by atoms with Crippen LogP contribution in [0.1, 0.15) is 45.3 Å². The lowest BCUT2D eigenvalue weighted by molar-refractivity contribution is 0.00973. The van der Waals surface area contributed by atoms with E-state index in [1.165, 1.54) is 0 Å². The van der Waals surface area contributed by atoms with Crippen LogP contribution >= 0.6 is 0 Å². The average molecular weight is 213 g/mol. The van der Waals surface area contributed by atoms with Crippen molar-refractivity contribution in [2.24, 2.45) is 5.73 Å². The van der Waals surface area contributed by atoms with Gasteiger partial charge in [0, 0.05) is 13.2 Å². The van der Waals surface area contributed by atoms with Gasteiger partial charge in [0.15, 0.2) is 0 Å². The Labute approximate surface area is 90.0 Å². The Kier molecular flexibility index (Phi) is 3.46. The van der Waals surface area contributed by atoms with E-state index in [2.05, 4.69) is 10.1 Å². The van der Waals surface area contributed by atoms with Gasteiger partial charge >= 0.3 is 0 Å². The molecule has 86 valence electrons. The Balaban J connectivity index is 2.90. The third kappa shape index (κ3) is 2.54. The van der Waals surface area contributed by atoms with Crippen molar-refractivity contribution in [1.29, 1.82) is 0 Å². The average Bonchev–Trinajstić information content (AvgIpc) is 2.65. The van der Waals surface area contributed by atoms with E-state index in [1.54, 1.807) is 7.11 Å². The molecule has 0 fully saturated rings. The molecule has 1 aromatic rings. The number of hydrogen-bond acceptors (Lipinski definition) is 5. The van der Waals surface area contributed by atoms with E-state index in [9.17, 15) is 0 Å². The predicted molar refractivity (Wildman–Crippen MR) is 56.4 cm³/mol. The topological polar surface area (TPSA) is 74.2 Å². The van der Waals surface area contributed by atoms with E-state index in [0.717, 1.165) is 0 Å². The van der Waals surface area contributed by atoms with Crippen LogP contribution in [0.25, 0.3) is 0 Å². The number of methoxy groups -OCH3 is 1. The molecule has 2 N–H and O–H groups in total. The first-order chi connectivity index (χ1) is 6.88. The van der Waals surface area contributed by atoms with Gasteiger partial charge in [-0.05, 0) is 20.8 Å². The van der Waals surface area contributed by atoms with E-state index >= 15 is 0 Å². The van der Waals surface area contributed by atoms with Crippen molar-refractivity contribution in [3.63, 3.8) is 0 Å². The zero-order valence-corrected chi connectivity index (χ0v) is 9.94. The van der Waals surface area contributed by atoms with Gasteiger partial charge in [0.1, 0.15) is 5.60 Å². The van der Waals surface area contributed by atoms with E-state index in [0.29, 0.717) is 11.7 Å². The molecule has 0 bridgehead atoms. The fourth-order valence-corrected chi connectivity index (χ4v) is 0.981. The number of nitrogens with two attached hydrogens (primary N) is 1. The van der Waals surface area contributed by atoms with Gasteiger partial charge in [-0.15, -0.1) is 0 Å². The quantitative estimate of drug-likeness (QED) is 0.818. The highest BCUT2D eigenvalue weighted by molar-refractivity contribution is 5.01. The fourth-order valence-electron chi connectivity index (χ4n) is 0.981. The fraction of sp³-hybridized carbons (Fsp3) is 0.800. The molecule has 0 spiro atoms. The summed E-state index contributed by atoms with van der Waals surface area (Å²) in [6.07, 6.45) is 0. The van der Waals surface area contributed by atoms with Gasteiger partial charge in [-0.1, -0.05) is 12.1 Å². The summed E-state index contributed by atoms with van der Waals surface area (Å²) in [6, 6.07) is -0.0102. The summed E-state index contributed by atoms with van der Waals surface area (Å²) in [6.45, 7) is 7.65. The van der Waals surface area contributed by atoms with E-state index in [1.807, 2.05) is 27.7 Å². The maximum Gasteiger partial charge on any atom is 0.231 e. The van der Waals surface area contributed by atoms with Crippen LogP contribution in [0.4, 0.5) is 0 Å². The van der Waals surface area contributed by atoms with Crippen molar-refractivity contribution in [2.75, 3.05) is 7.11 Å². The SMILES string of the molecule is COC(C)(C)c1noc(C(C)C(C)N)n1. The van der Waals surface area contributed by atoms with Crippen molar-refractivity contribution < 1.29 is 9.26 Å². The predicted octanol–water partition coefficient (Wildman–Crippen LogP) is 1.40. The van der Waals surface area contributed by atoms with Gasteiger partial charge in [-0.25, -0.2) is 0 Å². The highest BCUT2D eigenvalue weighted by Gasteiger charge is 2.28. The van der Waals surface area contributed by atoms with E-state index < -0.39 is 5.60 Å². The highest BCUT2D eigenvalue weighted by atomic mass is 16.5. The van der Waals surface area contributed by atoms with Crippen LogP contribution in [0.15, 0.2) is 4.52 Å². The summed E-state index contributed by atoms with van der Waals surface area (Å²) in [4.78, 5) is 4.29. The normalized spacial score (nSPS) is 16.4. The van der Waals surface area contributed by atoms with Gasteiger partial charge in [0.05, 0.1) is 5.92 Å². The molecule has 0 saturated heterocycles. The zero-order valence-electron chi connectivity index (χ0n) is 9.94. The first-order valence-electron chi connectivity index (χ1n) is 5.03. The second kappa shape index (κ2) is 4.28. The third-order valence-corrected chi connectivity index (χ3v) is 2.67. The van der Waals surface area contributed by atoms with E-state index in [4.69, 9.17) is 15.0 Å². The van der Waals surface area contributed by atoms with E-state index in [-0.39, 0.29) is 12.0 Å². The van der Waals surface area contributed by atoms with Crippen molar-refractivity contribution in [3.05, 3.63) is 11.7 Å². The lowest BCUT2D eigenvalue weighted by Gasteiger charge is -2.17. The number of rotatable bonds is 4.